The smallest absolute Gasteiger partial charge is 0.320 e. The fourth-order valence-corrected chi connectivity index (χ4v) is 4.41. The number of piperidine rings is 2. The lowest BCUT2D eigenvalue weighted by molar-refractivity contribution is -0.145. The molecule has 0 aromatic heterocycles. The van der Waals surface area contributed by atoms with Gasteiger partial charge in [0.15, 0.2) is 0 Å². The molecule has 2 heterocycles. The Morgan fingerprint density at radius 2 is 1.86 bits per heavy atom. The number of rotatable bonds is 3. The van der Waals surface area contributed by atoms with Crippen LogP contribution in [0.3, 0.4) is 0 Å². The zero-order valence-electron chi connectivity index (χ0n) is 16.7. The molecule has 2 aliphatic heterocycles. The Kier molecular flexibility index (Phi) is 6.23. The maximum atomic E-state index is 13.2. The molecule has 2 aliphatic rings. The fraction of sp³-hybridized carbons (Fsp3) is 0.591. The van der Waals surface area contributed by atoms with Crippen LogP contribution in [0.25, 0.3) is 0 Å². The van der Waals surface area contributed by atoms with Crippen molar-refractivity contribution in [1.29, 1.82) is 5.26 Å². The lowest BCUT2D eigenvalue weighted by Gasteiger charge is -2.44. The molecule has 2 saturated heterocycles. The van der Waals surface area contributed by atoms with E-state index in [2.05, 4.69) is 37.3 Å². The summed E-state index contributed by atoms with van der Waals surface area (Å²) in [6, 6.07) is 10.2. The van der Waals surface area contributed by atoms with Crippen molar-refractivity contribution in [2.75, 3.05) is 19.6 Å². The number of hydrogen-bond donors (Lipinski definition) is 1. The van der Waals surface area contributed by atoms with Gasteiger partial charge in [-0.3, -0.25) is 4.79 Å². The molecule has 1 N–H and O–H groups in total. The van der Waals surface area contributed by atoms with Crippen LogP contribution in [-0.4, -0.2) is 52.6 Å². The highest BCUT2D eigenvalue weighted by atomic mass is 16.4. The van der Waals surface area contributed by atoms with E-state index >= 15 is 0 Å². The molecule has 2 amide bonds. The van der Waals surface area contributed by atoms with Crippen LogP contribution in [0.1, 0.15) is 50.2 Å². The number of carbonyl (C=O) groups excluding carboxylic acids is 1. The Labute approximate surface area is 166 Å². The van der Waals surface area contributed by atoms with Crippen molar-refractivity contribution in [3.05, 3.63) is 35.4 Å². The van der Waals surface area contributed by atoms with Gasteiger partial charge in [0.2, 0.25) is 0 Å². The molecule has 3 unspecified atom stereocenters. The zero-order valence-corrected chi connectivity index (χ0v) is 16.7. The van der Waals surface area contributed by atoms with Gasteiger partial charge in [0.25, 0.3) is 0 Å². The van der Waals surface area contributed by atoms with Gasteiger partial charge < -0.3 is 14.9 Å². The summed E-state index contributed by atoms with van der Waals surface area (Å²) in [6.07, 6.45) is 2.88. The Balaban J connectivity index is 1.79. The highest BCUT2D eigenvalue weighted by Gasteiger charge is 2.41. The van der Waals surface area contributed by atoms with Crippen molar-refractivity contribution in [2.24, 2.45) is 11.8 Å². The third kappa shape index (κ3) is 4.14. The summed E-state index contributed by atoms with van der Waals surface area (Å²) in [7, 11) is 0. The monoisotopic (exact) mass is 383 g/mol. The number of nitrogens with zero attached hydrogens (tertiary/aromatic N) is 3. The van der Waals surface area contributed by atoms with E-state index in [9.17, 15) is 14.7 Å². The quantitative estimate of drug-likeness (QED) is 0.866. The summed E-state index contributed by atoms with van der Waals surface area (Å²) in [5.41, 5.74) is 2.34. The molecule has 6 heteroatoms. The molecule has 0 saturated carbocycles. The van der Waals surface area contributed by atoms with Crippen LogP contribution in [0.4, 0.5) is 4.79 Å². The molecule has 0 radical (unpaired) electrons. The lowest BCUT2D eigenvalue weighted by Crippen LogP contribution is -2.56. The van der Waals surface area contributed by atoms with Crippen molar-refractivity contribution < 1.29 is 14.7 Å². The highest BCUT2D eigenvalue weighted by molar-refractivity contribution is 5.78. The van der Waals surface area contributed by atoms with E-state index in [4.69, 9.17) is 5.26 Å². The first-order valence-electron chi connectivity index (χ1n) is 10.2. The Bertz CT molecular complexity index is 747. The molecular formula is C22H29N3O3. The number of urea groups is 1. The van der Waals surface area contributed by atoms with Crippen LogP contribution < -0.4 is 0 Å². The number of benzene rings is 1. The number of carbonyl (C=O) groups is 2. The SMILES string of the molecule is CCc1ccc(C2CC(C(=O)O)C(C)N(C(=O)N3CCC(C#N)CC3)C2)cc1. The second-order valence-electron chi connectivity index (χ2n) is 8.04. The molecule has 1 aromatic rings. The van der Waals surface area contributed by atoms with E-state index in [0.717, 1.165) is 12.0 Å². The molecule has 0 spiro atoms. The molecule has 1 aromatic carbocycles. The van der Waals surface area contributed by atoms with Crippen molar-refractivity contribution in [3.8, 4) is 6.07 Å². The molecule has 150 valence electrons. The molecule has 0 aliphatic carbocycles. The van der Waals surface area contributed by atoms with Gasteiger partial charge in [0.1, 0.15) is 0 Å². The molecule has 0 bridgehead atoms. The topological polar surface area (TPSA) is 84.6 Å². The molecule has 6 nitrogen and oxygen atoms in total. The van der Waals surface area contributed by atoms with Crippen molar-refractivity contribution in [1.82, 2.24) is 9.80 Å². The minimum atomic E-state index is -0.844. The average molecular weight is 383 g/mol. The third-order valence-corrected chi connectivity index (χ3v) is 6.40. The normalized spacial score (nSPS) is 26.0. The number of carboxylic acid groups (broad SMARTS) is 1. The van der Waals surface area contributed by atoms with Crippen molar-refractivity contribution in [3.63, 3.8) is 0 Å². The maximum absolute atomic E-state index is 13.2. The Hall–Kier alpha value is -2.55. The molecule has 28 heavy (non-hydrogen) atoms. The minimum Gasteiger partial charge on any atom is -0.481 e. The van der Waals surface area contributed by atoms with Crippen LogP contribution in [0, 0.1) is 23.2 Å². The average Bonchev–Trinajstić information content (AvgIpc) is 2.73. The van der Waals surface area contributed by atoms with Crippen LogP contribution in [0.15, 0.2) is 24.3 Å². The van der Waals surface area contributed by atoms with E-state index in [1.165, 1.54) is 5.56 Å². The largest absolute Gasteiger partial charge is 0.481 e. The van der Waals surface area contributed by atoms with Gasteiger partial charge in [-0.15, -0.1) is 0 Å². The zero-order chi connectivity index (χ0) is 20.3. The van der Waals surface area contributed by atoms with E-state index in [1.807, 2.05) is 6.92 Å². The minimum absolute atomic E-state index is 0.0134. The van der Waals surface area contributed by atoms with Gasteiger partial charge in [-0.05, 0) is 43.7 Å². The number of hydrogen-bond acceptors (Lipinski definition) is 3. The van der Waals surface area contributed by atoms with Crippen LogP contribution >= 0.6 is 0 Å². The molecule has 3 atom stereocenters. The van der Waals surface area contributed by atoms with Crippen LogP contribution in [-0.2, 0) is 11.2 Å². The summed E-state index contributed by atoms with van der Waals surface area (Å²) < 4.78 is 0. The maximum Gasteiger partial charge on any atom is 0.320 e. The second kappa shape index (κ2) is 8.64. The van der Waals surface area contributed by atoms with E-state index in [1.54, 1.807) is 9.80 Å². The number of aryl methyl sites for hydroxylation is 1. The molecule has 3 rings (SSSR count). The fourth-order valence-electron chi connectivity index (χ4n) is 4.41. The standard InChI is InChI=1S/C22H29N3O3/c1-3-16-4-6-18(7-5-16)19-12-20(21(26)27)15(2)25(14-19)22(28)24-10-8-17(13-23)9-11-24/h4-7,15,17,19-20H,3,8-12,14H2,1-2H3,(H,26,27). The van der Waals surface area contributed by atoms with Crippen LogP contribution in [0.2, 0.25) is 0 Å². The lowest BCUT2D eigenvalue weighted by atomic mass is 9.80. The summed E-state index contributed by atoms with van der Waals surface area (Å²) in [5, 5.41) is 18.8. The van der Waals surface area contributed by atoms with E-state index in [-0.39, 0.29) is 23.9 Å². The number of amides is 2. The number of nitriles is 1. The van der Waals surface area contributed by atoms with Gasteiger partial charge in [-0.25, -0.2) is 4.79 Å². The van der Waals surface area contributed by atoms with Crippen molar-refractivity contribution in [2.45, 2.75) is 51.5 Å². The number of aliphatic carboxylic acids is 1. The summed E-state index contributed by atoms with van der Waals surface area (Å²) >= 11 is 0. The Morgan fingerprint density at radius 1 is 1.21 bits per heavy atom. The van der Waals surface area contributed by atoms with Crippen molar-refractivity contribution >= 4 is 12.0 Å². The summed E-state index contributed by atoms with van der Waals surface area (Å²) in [4.78, 5) is 28.6. The molecule has 2 fully saturated rings. The van der Waals surface area contributed by atoms with Crippen LogP contribution in [0.5, 0.6) is 0 Å². The highest BCUT2D eigenvalue weighted by Crippen LogP contribution is 2.35. The third-order valence-electron chi connectivity index (χ3n) is 6.40. The van der Waals surface area contributed by atoms with Gasteiger partial charge in [-0.1, -0.05) is 31.2 Å². The first kappa shape index (κ1) is 20.2. The summed E-state index contributed by atoms with van der Waals surface area (Å²) in [5.74, 6) is -1.39. The van der Waals surface area contributed by atoms with E-state index < -0.39 is 11.9 Å². The number of carboxylic acids is 1. The predicted molar refractivity (Wildman–Crippen MR) is 106 cm³/mol. The molecular weight excluding hydrogens is 354 g/mol. The Morgan fingerprint density at radius 3 is 2.39 bits per heavy atom. The van der Waals surface area contributed by atoms with Gasteiger partial charge in [-0.2, -0.15) is 5.26 Å². The number of likely N-dealkylation sites (tertiary alicyclic amines) is 2. The summed E-state index contributed by atoms with van der Waals surface area (Å²) in [6.45, 7) is 5.61. The first-order chi connectivity index (χ1) is 13.4. The second-order valence-corrected chi connectivity index (χ2v) is 8.04. The van der Waals surface area contributed by atoms with Gasteiger partial charge >= 0.3 is 12.0 Å². The van der Waals surface area contributed by atoms with Gasteiger partial charge in [0.05, 0.1) is 12.0 Å². The first-order valence-corrected chi connectivity index (χ1v) is 10.2. The predicted octanol–water partition coefficient (Wildman–Crippen LogP) is 3.48. The van der Waals surface area contributed by atoms with Gasteiger partial charge in [0, 0.05) is 37.5 Å². The van der Waals surface area contributed by atoms with E-state index in [0.29, 0.717) is 38.9 Å².